The Morgan fingerprint density at radius 3 is 1.90 bits per heavy atom. The molecular weight excluding hydrogens is 240 g/mol. The molecule has 0 aliphatic heterocycles. The van der Waals surface area contributed by atoms with E-state index in [0.717, 1.165) is 6.42 Å². The molecule has 98 valence electrons. The summed E-state index contributed by atoms with van der Waals surface area (Å²) in [6, 6.07) is 27.3. The molecule has 3 aromatic rings. The second-order valence-corrected chi connectivity index (χ2v) is 5.09. The summed E-state index contributed by atoms with van der Waals surface area (Å²) in [7, 11) is 0. The predicted molar refractivity (Wildman–Crippen MR) is 85.9 cm³/mol. The van der Waals surface area contributed by atoms with Crippen LogP contribution in [0.15, 0.2) is 78.9 Å². The van der Waals surface area contributed by atoms with Crippen molar-refractivity contribution in [3.05, 3.63) is 95.6 Å². The fourth-order valence-corrected chi connectivity index (χ4v) is 2.70. The van der Waals surface area contributed by atoms with E-state index in [1.807, 2.05) is 36.4 Å². The van der Waals surface area contributed by atoms with Gasteiger partial charge in [-0.15, -0.1) is 0 Å². The summed E-state index contributed by atoms with van der Waals surface area (Å²) in [5, 5.41) is 0. The quantitative estimate of drug-likeness (QED) is 0.404. The van der Waals surface area contributed by atoms with Crippen LogP contribution in [0.3, 0.4) is 0 Å². The molecule has 3 aromatic carbocycles. The van der Waals surface area contributed by atoms with Crippen LogP contribution in [-0.2, 0) is 6.42 Å². The van der Waals surface area contributed by atoms with Crippen LogP contribution < -0.4 is 0 Å². The molecule has 0 atom stereocenters. The Balaban J connectivity index is 0.000000170. The molecule has 0 saturated carbocycles. The van der Waals surface area contributed by atoms with Crippen molar-refractivity contribution in [3.63, 3.8) is 0 Å². The van der Waals surface area contributed by atoms with Gasteiger partial charge in [0.1, 0.15) is 0 Å². The molecule has 1 aliphatic carbocycles. The van der Waals surface area contributed by atoms with Gasteiger partial charge in [-0.05, 0) is 41.2 Å². The molecule has 0 spiro atoms. The number of aryl methyl sites for hydroxylation is 1. The summed E-state index contributed by atoms with van der Waals surface area (Å²) in [5.41, 5.74) is 7.25. The third-order valence-corrected chi connectivity index (χ3v) is 3.75. The van der Waals surface area contributed by atoms with Gasteiger partial charge in [0.15, 0.2) is 0 Å². The maximum atomic E-state index is 2.23. The highest BCUT2D eigenvalue weighted by molar-refractivity contribution is 5.77. The molecule has 0 unspecified atom stereocenters. The average molecular weight is 258 g/mol. The normalized spacial score (nSPS) is 11.1. The van der Waals surface area contributed by atoms with Crippen LogP contribution >= 0.6 is 0 Å². The molecule has 0 aromatic heterocycles. The van der Waals surface area contributed by atoms with E-state index in [-0.39, 0.29) is 0 Å². The van der Waals surface area contributed by atoms with E-state index in [4.69, 9.17) is 0 Å². The Kier molecular flexibility index (Phi) is 3.64. The summed E-state index contributed by atoms with van der Waals surface area (Å²) in [5.74, 6) is 0. The second-order valence-electron chi connectivity index (χ2n) is 5.09. The first kappa shape index (κ1) is 12.7. The molecule has 0 heterocycles. The minimum absolute atomic E-state index is 1.11. The van der Waals surface area contributed by atoms with Crippen molar-refractivity contribution in [2.24, 2.45) is 0 Å². The molecular formula is C20H18. The Morgan fingerprint density at radius 1 is 0.600 bits per heavy atom. The summed E-state index contributed by atoms with van der Waals surface area (Å²) in [6.45, 7) is 2.20. The molecule has 0 saturated heterocycles. The van der Waals surface area contributed by atoms with Gasteiger partial charge in [0.05, 0.1) is 0 Å². The lowest BCUT2D eigenvalue weighted by Crippen LogP contribution is -1.84. The van der Waals surface area contributed by atoms with Gasteiger partial charge in [0.2, 0.25) is 0 Å². The predicted octanol–water partition coefficient (Wildman–Crippen LogP) is 5.25. The standard InChI is InChI=1S/C14H12.C6H6/c1-10-5-4-8-13-12-7-3-2-6-11(12)9-14(10)13;1-2-4-6-5-3-1/h2-8H,9H2,1H3;1-6H. The Labute approximate surface area is 120 Å². The number of fused-ring (bicyclic) bond motifs is 3. The van der Waals surface area contributed by atoms with Crippen LogP contribution in [-0.4, -0.2) is 0 Å². The van der Waals surface area contributed by atoms with Crippen LogP contribution in [0, 0.1) is 6.92 Å². The third kappa shape index (κ3) is 2.50. The second kappa shape index (κ2) is 5.75. The molecule has 0 N–H and O–H groups in total. The maximum Gasteiger partial charge on any atom is -0.00108 e. The topological polar surface area (TPSA) is 0 Å². The number of rotatable bonds is 0. The number of hydrogen-bond acceptors (Lipinski definition) is 0. The lowest BCUT2D eigenvalue weighted by atomic mass is 10.0. The van der Waals surface area contributed by atoms with Gasteiger partial charge in [-0.3, -0.25) is 0 Å². The lowest BCUT2D eigenvalue weighted by Gasteiger charge is -2.02. The number of benzene rings is 3. The van der Waals surface area contributed by atoms with E-state index >= 15 is 0 Å². The average Bonchev–Trinajstić information content (AvgIpc) is 2.90. The van der Waals surface area contributed by atoms with Crippen molar-refractivity contribution in [2.75, 3.05) is 0 Å². The van der Waals surface area contributed by atoms with Gasteiger partial charge >= 0.3 is 0 Å². The molecule has 0 nitrogen and oxygen atoms in total. The fraction of sp³-hybridized carbons (Fsp3) is 0.100. The van der Waals surface area contributed by atoms with Gasteiger partial charge in [-0.25, -0.2) is 0 Å². The van der Waals surface area contributed by atoms with Gasteiger partial charge < -0.3 is 0 Å². The van der Waals surface area contributed by atoms with E-state index in [2.05, 4.69) is 49.4 Å². The van der Waals surface area contributed by atoms with E-state index in [0.29, 0.717) is 0 Å². The summed E-state index contributed by atoms with van der Waals surface area (Å²) >= 11 is 0. The van der Waals surface area contributed by atoms with Gasteiger partial charge in [-0.2, -0.15) is 0 Å². The molecule has 4 rings (SSSR count). The first-order valence-corrected chi connectivity index (χ1v) is 7.03. The summed E-state index contributed by atoms with van der Waals surface area (Å²) in [4.78, 5) is 0. The van der Waals surface area contributed by atoms with Crippen molar-refractivity contribution in [2.45, 2.75) is 13.3 Å². The molecule has 0 heteroatoms. The minimum atomic E-state index is 1.11. The zero-order valence-corrected chi connectivity index (χ0v) is 11.7. The molecule has 1 aliphatic rings. The minimum Gasteiger partial charge on any atom is -0.0623 e. The van der Waals surface area contributed by atoms with Crippen LogP contribution in [0.25, 0.3) is 11.1 Å². The van der Waals surface area contributed by atoms with Gasteiger partial charge in [0.25, 0.3) is 0 Å². The molecule has 0 bridgehead atoms. The lowest BCUT2D eigenvalue weighted by molar-refractivity contribution is 1.22. The smallest absolute Gasteiger partial charge is 0.00108 e. The van der Waals surface area contributed by atoms with E-state index in [1.54, 1.807) is 0 Å². The molecule has 20 heavy (non-hydrogen) atoms. The van der Waals surface area contributed by atoms with E-state index in [9.17, 15) is 0 Å². The molecule has 0 amide bonds. The monoisotopic (exact) mass is 258 g/mol. The fourth-order valence-electron chi connectivity index (χ4n) is 2.70. The SMILES string of the molecule is Cc1cccc2c1Cc1ccccc1-2.c1ccccc1. The zero-order valence-electron chi connectivity index (χ0n) is 11.7. The zero-order chi connectivity index (χ0) is 13.8. The number of hydrogen-bond donors (Lipinski definition) is 0. The van der Waals surface area contributed by atoms with Crippen LogP contribution in [0.5, 0.6) is 0 Å². The van der Waals surface area contributed by atoms with Crippen LogP contribution in [0.4, 0.5) is 0 Å². The summed E-state index contributed by atoms with van der Waals surface area (Å²) < 4.78 is 0. The third-order valence-electron chi connectivity index (χ3n) is 3.75. The van der Waals surface area contributed by atoms with Gasteiger partial charge in [-0.1, -0.05) is 78.9 Å². The van der Waals surface area contributed by atoms with Crippen molar-refractivity contribution in [1.29, 1.82) is 0 Å². The Morgan fingerprint density at radius 2 is 1.20 bits per heavy atom. The van der Waals surface area contributed by atoms with E-state index < -0.39 is 0 Å². The van der Waals surface area contributed by atoms with Crippen molar-refractivity contribution in [1.82, 2.24) is 0 Å². The molecule has 0 radical (unpaired) electrons. The van der Waals surface area contributed by atoms with Crippen molar-refractivity contribution in [3.8, 4) is 11.1 Å². The highest BCUT2D eigenvalue weighted by Gasteiger charge is 2.18. The van der Waals surface area contributed by atoms with E-state index in [1.165, 1.54) is 27.8 Å². The highest BCUT2D eigenvalue weighted by atomic mass is 14.2. The van der Waals surface area contributed by atoms with Gasteiger partial charge in [0, 0.05) is 0 Å². The Bertz CT molecular complexity index is 670. The van der Waals surface area contributed by atoms with Crippen LogP contribution in [0.2, 0.25) is 0 Å². The highest BCUT2D eigenvalue weighted by Crippen LogP contribution is 2.37. The van der Waals surface area contributed by atoms with Crippen molar-refractivity contribution < 1.29 is 0 Å². The largest absolute Gasteiger partial charge is 0.0623 e. The molecule has 0 fully saturated rings. The first-order chi connectivity index (χ1) is 9.86. The maximum absolute atomic E-state index is 2.23. The first-order valence-electron chi connectivity index (χ1n) is 7.03. The van der Waals surface area contributed by atoms with Crippen molar-refractivity contribution >= 4 is 0 Å². The summed E-state index contributed by atoms with van der Waals surface area (Å²) in [6.07, 6.45) is 1.11. The Hall–Kier alpha value is -2.34. The van der Waals surface area contributed by atoms with Crippen LogP contribution in [0.1, 0.15) is 16.7 Å².